The second-order valence-electron chi connectivity index (χ2n) is 6.75. The van der Waals surface area contributed by atoms with E-state index in [9.17, 15) is 0 Å². The average Bonchev–Trinajstić information content (AvgIpc) is 2.94. The van der Waals surface area contributed by atoms with E-state index in [2.05, 4.69) is 82.6 Å². The van der Waals surface area contributed by atoms with Crippen LogP contribution in [0.15, 0.2) is 49.1 Å². The number of allylic oxidation sites excluding steroid dienone is 5. The molecular formula is C25H44N2S. The standard InChI is InChI=1S/C15H18.C6H14N2.C3H8.CH4S/c1-5-8-14(9-6-2)15-11-7-10-12(3)13(15)4;7-6-2-1-4-8-5-3-6;1-3-2;1-2/h5-11H,1H2,2-4H3;6,8H,1-5,7H2;3H2,1-2H3;2H,1H3/b9-6-,14-8+;;;. The Labute approximate surface area is 180 Å². The third-order valence-corrected chi connectivity index (χ3v) is 4.18. The number of hydrogen-bond donors (Lipinski definition) is 3. The maximum Gasteiger partial charge on any atom is 0.00513 e. The number of benzene rings is 1. The predicted molar refractivity (Wildman–Crippen MR) is 134 cm³/mol. The molecule has 0 bridgehead atoms. The van der Waals surface area contributed by atoms with Crippen molar-refractivity contribution in [2.75, 3.05) is 19.3 Å². The van der Waals surface area contributed by atoms with Crippen LogP contribution in [0, 0.1) is 13.8 Å². The van der Waals surface area contributed by atoms with Gasteiger partial charge in [0, 0.05) is 6.04 Å². The van der Waals surface area contributed by atoms with Crippen LogP contribution in [0.1, 0.15) is 63.1 Å². The van der Waals surface area contributed by atoms with Gasteiger partial charge in [0.1, 0.15) is 0 Å². The van der Waals surface area contributed by atoms with Gasteiger partial charge in [0.15, 0.2) is 0 Å². The largest absolute Gasteiger partial charge is 0.328 e. The fourth-order valence-electron chi connectivity index (χ4n) is 2.65. The summed E-state index contributed by atoms with van der Waals surface area (Å²) in [6.45, 7) is 16.6. The summed E-state index contributed by atoms with van der Waals surface area (Å²) in [4.78, 5) is 0. The lowest BCUT2D eigenvalue weighted by Crippen LogP contribution is -2.21. The first kappa shape index (κ1) is 28.9. The minimum absolute atomic E-state index is 0.463. The summed E-state index contributed by atoms with van der Waals surface area (Å²) in [5, 5.41) is 3.30. The molecule has 0 spiro atoms. The van der Waals surface area contributed by atoms with Crippen molar-refractivity contribution in [1.82, 2.24) is 5.32 Å². The van der Waals surface area contributed by atoms with Gasteiger partial charge in [0.05, 0.1) is 0 Å². The third-order valence-electron chi connectivity index (χ3n) is 4.18. The van der Waals surface area contributed by atoms with Crippen molar-refractivity contribution < 1.29 is 0 Å². The van der Waals surface area contributed by atoms with Gasteiger partial charge in [-0.2, -0.15) is 12.6 Å². The van der Waals surface area contributed by atoms with Gasteiger partial charge in [-0.3, -0.25) is 0 Å². The Bertz CT molecular complexity index is 554. The number of nitrogens with two attached hydrogens (primary N) is 1. The third kappa shape index (κ3) is 13.8. The van der Waals surface area contributed by atoms with Gasteiger partial charge >= 0.3 is 0 Å². The monoisotopic (exact) mass is 404 g/mol. The molecule has 1 atom stereocenters. The van der Waals surface area contributed by atoms with Crippen molar-refractivity contribution >= 4 is 18.2 Å². The number of nitrogens with one attached hydrogen (secondary N) is 1. The van der Waals surface area contributed by atoms with Crippen molar-refractivity contribution in [3.63, 3.8) is 0 Å². The van der Waals surface area contributed by atoms with Crippen LogP contribution in [0.3, 0.4) is 0 Å². The van der Waals surface area contributed by atoms with E-state index in [1.54, 1.807) is 6.26 Å². The first-order valence-electron chi connectivity index (χ1n) is 10.4. The Balaban J connectivity index is 0. The van der Waals surface area contributed by atoms with Crippen molar-refractivity contribution in [3.8, 4) is 0 Å². The molecular weight excluding hydrogens is 360 g/mol. The van der Waals surface area contributed by atoms with Gasteiger partial charge in [0.2, 0.25) is 0 Å². The zero-order valence-electron chi connectivity index (χ0n) is 19.1. The molecule has 0 aromatic heterocycles. The Kier molecular flexibility index (Phi) is 21.1. The lowest BCUT2D eigenvalue weighted by atomic mass is 9.96. The van der Waals surface area contributed by atoms with Crippen molar-refractivity contribution in [2.24, 2.45) is 5.73 Å². The summed E-state index contributed by atoms with van der Waals surface area (Å²) in [5.74, 6) is 0. The van der Waals surface area contributed by atoms with Crippen LogP contribution in [0.5, 0.6) is 0 Å². The van der Waals surface area contributed by atoms with Crippen LogP contribution in [-0.2, 0) is 0 Å². The van der Waals surface area contributed by atoms with Gasteiger partial charge in [-0.15, -0.1) is 0 Å². The molecule has 1 aromatic rings. The lowest BCUT2D eigenvalue weighted by molar-refractivity contribution is 0.599. The van der Waals surface area contributed by atoms with E-state index in [0.29, 0.717) is 6.04 Å². The predicted octanol–water partition coefficient (Wildman–Crippen LogP) is 6.50. The van der Waals surface area contributed by atoms with Gasteiger partial charge in [-0.25, -0.2) is 0 Å². The van der Waals surface area contributed by atoms with Crippen LogP contribution in [0.4, 0.5) is 0 Å². The molecule has 0 radical (unpaired) electrons. The molecule has 2 rings (SSSR count). The minimum atomic E-state index is 0.463. The molecule has 28 heavy (non-hydrogen) atoms. The number of aryl methyl sites for hydroxylation is 1. The molecule has 3 heteroatoms. The Hall–Kier alpha value is -1.29. The summed E-state index contributed by atoms with van der Waals surface area (Å²) in [6.07, 6.45) is 14.6. The molecule has 0 saturated carbocycles. The molecule has 2 nitrogen and oxygen atoms in total. The Morgan fingerprint density at radius 3 is 2.43 bits per heavy atom. The maximum absolute atomic E-state index is 5.69. The quantitative estimate of drug-likeness (QED) is 0.397. The molecule has 1 saturated heterocycles. The fraction of sp³-hybridized carbons (Fsp3) is 0.520. The topological polar surface area (TPSA) is 38.0 Å². The summed E-state index contributed by atoms with van der Waals surface area (Å²) in [7, 11) is 0. The van der Waals surface area contributed by atoms with Gasteiger partial charge in [-0.1, -0.05) is 69.4 Å². The first-order valence-corrected chi connectivity index (χ1v) is 11.3. The molecule has 1 unspecified atom stereocenters. The molecule has 160 valence electrons. The van der Waals surface area contributed by atoms with E-state index in [-0.39, 0.29) is 0 Å². The highest BCUT2D eigenvalue weighted by atomic mass is 32.1. The second kappa shape index (κ2) is 20.4. The van der Waals surface area contributed by atoms with E-state index >= 15 is 0 Å². The van der Waals surface area contributed by atoms with Crippen LogP contribution in [0.2, 0.25) is 0 Å². The fourth-order valence-corrected chi connectivity index (χ4v) is 2.65. The van der Waals surface area contributed by atoms with E-state index in [1.165, 1.54) is 41.5 Å². The van der Waals surface area contributed by atoms with Gasteiger partial charge < -0.3 is 11.1 Å². The molecule has 3 N–H and O–H groups in total. The molecule has 1 aliphatic heterocycles. The van der Waals surface area contributed by atoms with E-state index in [0.717, 1.165) is 19.5 Å². The number of hydrogen-bond acceptors (Lipinski definition) is 3. The van der Waals surface area contributed by atoms with E-state index < -0.39 is 0 Å². The first-order chi connectivity index (χ1) is 13.5. The zero-order chi connectivity index (χ0) is 21.8. The lowest BCUT2D eigenvalue weighted by Gasteiger charge is -2.09. The van der Waals surface area contributed by atoms with Crippen molar-refractivity contribution in [1.29, 1.82) is 0 Å². The van der Waals surface area contributed by atoms with Crippen LogP contribution in [0.25, 0.3) is 5.57 Å². The summed E-state index contributed by atoms with van der Waals surface area (Å²) >= 11 is 3.53. The molecule has 1 fully saturated rings. The highest BCUT2D eigenvalue weighted by Gasteiger charge is 2.04. The van der Waals surface area contributed by atoms with E-state index in [1.807, 2.05) is 19.1 Å². The maximum atomic E-state index is 5.69. The minimum Gasteiger partial charge on any atom is -0.328 e. The smallest absolute Gasteiger partial charge is 0.00513 e. The molecule has 1 heterocycles. The molecule has 1 aromatic carbocycles. The summed E-state index contributed by atoms with van der Waals surface area (Å²) < 4.78 is 0. The second-order valence-corrected chi connectivity index (χ2v) is 6.75. The van der Waals surface area contributed by atoms with Crippen LogP contribution >= 0.6 is 12.6 Å². The van der Waals surface area contributed by atoms with E-state index in [4.69, 9.17) is 5.73 Å². The summed E-state index contributed by atoms with van der Waals surface area (Å²) in [5.41, 5.74) is 10.9. The molecule has 0 aliphatic carbocycles. The Morgan fingerprint density at radius 1 is 1.21 bits per heavy atom. The zero-order valence-corrected chi connectivity index (χ0v) is 20.0. The number of rotatable bonds is 3. The molecule has 0 amide bonds. The van der Waals surface area contributed by atoms with Crippen LogP contribution < -0.4 is 11.1 Å². The molecule has 1 aliphatic rings. The normalized spacial score (nSPS) is 16.4. The highest BCUT2D eigenvalue weighted by molar-refractivity contribution is 7.79. The van der Waals surface area contributed by atoms with Gasteiger partial charge in [0.25, 0.3) is 0 Å². The Morgan fingerprint density at radius 2 is 1.86 bits per heavy atom. The van der Waals surface area contributed by atoms with Crippen LogP contribution in [-0.4, -0.2) is 25.4 Å². The van der Waals surface area contributed by atoms with Gasteiger partial charge in [-0.05, 0) is 81.6 Å². The van der Waals surface area contributed by atoms with Crippen molar-refractivity contribution in [2.45, 2.75) is 66.3 Å². The number of thiol groups is 1. The summed E-state index contributed by atoms with van der Waals surface area (Å²) in [6, 6.07) is 6.85. The SMILES string of the molecule is C=C/C=C(\C=C/C)c1cccc(C)c1C.CCC.CS.NC1CCCNCC1. The highest BCUT2D eigenvalue weighted by Crippen LogP contribution is 2.22. The van der Waals surface area contributed by atoms with Crippen molar-refractivity contribution in [3.05, 3.63) is 65.8 Å². The average molecular weight is 405 g/mol.